The Morgan fingerprint density at radius 2 is 2.19 bits per heavy atom. The fraction of sp³-hybridized carbons (Fsp3) is 0.231. The third-order valence-electron chi connectivity index (χ3n) is 2.48. The molecule has 1 heterocycles. The maximum absolute atomic E-state index is 10.1. The van der Waals surface area contributed by atoms with Crippen molar-refractivity contribution in [1.82, 2.24) is 0 Å². The third-order valence-corrected chi connectivity index (χ3v) is 4.29. The van der Waals surface area contributed by atoms with Gasteiger partial charge in [-0.1, -0.05) is 29.8 Å². The second-order valence-corrected chi connectivity index (χ2v) is 6.70. The van der Waals surface area contributed by atoms with Crippen LogP contribution in [0.2, 0.25) is 0 Å². The first-order chi connectivity index (χ1) is 7.65. The van der Waals surface area contributed by atoms with Crippen molar-refractivity contribution in [3.63, 3.8) is 0 Å². The van der Waals surface area contributed by atoms with Crippen LogP contribution in [0.4, 0.5) is 0 Å². The van der Waals surface area contributed by atoms with Crippen LogP contribution >= 0.6 is 33.9 Å². The summed E-state index contributed by atoms with van der Waals surface area (Å²) in [4.78, 5) is 0. The lowest BCUT2D eigenvalue weighted by molar-refractivity contribution is 0.179. The lowest BCUT2D eigenvalue weighted by Crippen LogP contribution is -2.00. The van der Waals surface area contributed by atoms with Crippen molar-refractivity contribution in [3.05, 3.63) is 55.3 Å². The van der Waals surface area contributed by atoms with Gasteiger partial charge in [-0.05, 0) is 52.1 Å². The first-order valence-corrected chi connectivity index (χ1v) is 7.08. The number of rotatable bonds is 3. The van der Waals surface area contributed by atoms with Crippen molar-refractivity contribution in [1.29, 1.82) is 0 Å². The highest BCUT2D eigenvalue weighted by Gasteiger charge is 2.10. The normalized spacial score (nSPS) is 12.7. The van der Waals surface area contributed by atoms with Gasteiger partial charge in [-0.2, -0.15) is 0 Å². The predicted molar refractivity (Wildman–Crippen MR) is 76.9 cm³/mol. The first kappa shape index (κ1) is 12.1. The summed E-state index contributed by atoms with van der Waals surface area (Å²) in [6.45, 7) is 2.07. The number of hydrogen-bond donors (Lipinski definition) is 1. The quantitative estimate of drug-likeness (QED) is 0.837. The molecule has 0 aliphatic heterocycles. The minimum atomic E-state index is -0.387. The van der Waals surface area contributed by atoms with Crippen molar-refractivity contribution in [2.24, 2.45) is 0 Å². The van der Waals surface area contributed by atoms with E-state index in [1.165, 1.54) is 14.0 Å². The van der Waals surface area contributed by atoms with Gasteiger partial charge < -0.3 is 5.11 Å². The Hall–Kier alpha value is -0.390. The summed E-state index contributed by atoms with van der Waals surface area (Å²) in [5.74, 6) is 0. The fourth-order valence-corrected chi connectivity index (χ4v) is 3.10. The largest absolute Gasteiger partial charge is 0.388 e. The molecule has 16 heavy (non-hydrogen) atoms. The lowest BCUT2D eigenvalue weighted by atomic mass is 10.0. The Morgan fingerprint density at radius 3 is 2.81 bits per heavy atom. The van der Waals surface area contributed by atoms with Crippen LogP contribution in [0.1, 0.15) is 22.8 Å². The Labute approximate surface area is 113 Å². The van der Waals surface area contributed by atoms with Crippen LogP contribution in [0.15, 0.2) is 35.7 Å². The van der Waals surface area contributed by atoms with Gasteiger partial charge in [0.25, 0.3) is 0 Å². The Morgan fingerprint density at radius 1 is 1.38 bits per heavy atom. The summed E-state index contributed by atoms with van der Waals surface area (Å²) in [5.41, 5.74) is 3.45. The number of aliphatic hydroxyl groups excluding tert-OH is 1. The number of aliphatic hydroxyl groups is 1. The summed E-state index contributed by atoms with van der Waals surface area (Å²) >= 11 is 3.95. The molecule has 0 fully saturated rings. The van der Waals surface area contributed by atoms with Crippen molar-refractivity contribution in [3.8, 4) is 0 Å². The van der Waals surface area contributed by atoms with Gasteiger partial charge in [-0.15, -0.1) is 11.3 Å². The molecule has 2 rings (SSSR count). The maximum atomic E-state index is 10.1. The highest BCUT2D eigenvalue weighted by molar-refractivity contribution is 14.1. The van der Waals surface area contributed by atoms with Crippen molar-refractivity contribution >= 4 is 33.9 Å². The maximum Gasteiger partial charge on any atom is 0.0838 e. The molecule has 1 unspecified atom stereocenters. The lowest BCUT2D eigenvalue weighted by Gasteiger charge is -2.09. The van der Waals surface area contributed by atoms with E-state index in [1.54, 1.807) is 11.3 Å². The first-order valence-electron chi connectivity index (χ1n) is 5.12. The number of thiophene rings is 1. The van der Waals surface area contributed by atoms with Crippen LogP contribution in [-0.2, 0) is 6.42 Å². The van der Waals surface area contributed by atoms with E-state index in [-0.39, 0.29) is 6.10 Å². The van der Waals surface area contributed by atoms with E-state index in [1.807, 2.05) is 17.5 Å². The van der Waals surface area contributed by atoms with Crippen LogP contribution < -0.4 is 0 Å². The van der Waals surface area contributed by atoms with Crippen molar-refractivity contribution < 1.29 is 5.11 Å². The minimum Gasteiger partial charge on any atom is -0.388 e. The van der Waals surface area contributed by atoms with E-state index in [9.17, 15) is 5.11 Å². The highest BCUT2D eigenvalue weighted by atomic mass is 127. The molecule has 1 aromatic heterocycles. The third kappa shape index (κ3) is 3.06. The highest BCUT2D eigenvalue weighted by Crippen LogP contribution is 2.25. The standard InChI is InChI=1S/C13H13IOS/c1-9-3-2-4-10(5-9)6-12(15)11-7-13(14)16-8-11/h2-5,7-8,12,15H,6H2,1H3. The monoisotopic (exact) mass is 344 g/mol. The van der Waals surface area contributed by atoms with Gasteiger partial charge in [0.15, 0.2) is 0 Å². The zero-order valence-corrected chi connectivity index (χ0v) is 12.0. The zero-order chi connectivity index (χ0) is 11.5. The molecule has 0 saturated heterocycles. The van der Waals surface area contributed by atoms with Gasteiger partial charge in [0.05, 0.1) is 8.99 Å². The topological polar surface area (TPSA) is 20.2 Å². The van der Waals surface area contributed by atoms with Gasteiger partial charge >= 0.3 is 0 Å². The van der Waals surface area contributed by atoms with Gasteiger partial charge in [0, 0.05) is 6.42 Å². The smallest absolute Gasteiger partial charge is 0.0838 e. The van der Waals surface area contributed by atoms with Gasteiger partial charge in [0.2, 0.25) is 0 Å². The Bertz CT molecular complexity index is 478. The van der Waals surface area contributed by atoms with Crippen LogP contribution in [-0.4, -0.2) is 5.11 Å². The molecule has 0 aliphatic rings. The molecule has 0 amide bonds. The number of aryl methyl sites for hydroxylation is 1. The summed E-state index contributed by atoms with van der Waals surface area (Å²) in [5, 5.41) is 12.1. The van der Waals surface area contributed by atoms with Crippen LogP contribution in [0, 0.1) is 9.81 Å². The fourth-order valence-electron chi connectivity index (χ4n) is 1.68. The van der Waals surface area contributed by atoms with Crippen molar-refractivity contribution in [2.75, 3.05) is 0 Å². The molecule has 1 atom stereocenters. The van der Waals surface area contributed by atoms with Gasteiger partial charge in [-0.3, -0.25) is 0 Å². The SMILES string of the molecule is Cc1cccc(CC(O)c2csc(I)c2)c1. The molecule has 2 aromatic rings. The molecule has 0 radical (unpaired) electrons. The number of hydrogen-bond acceptors (Lipinski definition) is 2. The molecule has 1 aromatic carbocycles. The summed E-state index contributed by atoms with van der Waals surface area (Å²) in [6, 6.07) is 10.3. The second-order valence-electron chi connectivity index (χ2n) is 3.89. The summed E-state index contributed by atoms with van der Waals surface area (Å²) < 4.78 is 1.22. The van der Waals surface area contributed by atoms with E-state index in [0.29, 0.717) is 6.42 Å². The molecule has 1 N–H and O–H groups in total. The molecule has 84 valence electrons. The Kier molecular flexibility index (Phi) is 4.00. The van der Waals surface area contributed by atoms with Crippen LogP contribution in [0.25, 0.3) is 0 Å². The molecule has 0 aliphatic carbocycles. The van der Waals surface area contributed by atoms with E-state index in [4.69, 9.17) is 0 Å². The van der Waals surface area contributed by atoms with Crippen molar-refractivity contribution in [2.45, 2.75) is 19.4 Å². The molecule has 0 bridgehead atoms. The van der Waals surface area contributed by atoms with Crippen LogP contribution in [0.3, 0.4) is 0 Å². The second kappa shape index (κ2) is 5.29. The predicted octanol–water partition coefficient (Wildman–Crippen LogP) is 3.94. The molecule has 0 saturated carbocycles. The molecule has 1 nitrogen and oxygen atoms in total. The molecular weight excluding hydrogens is 331 g/mol. The minimum absolute atomic E-state index is 0.387. The van der Waals surface area contributed by atoms with Crippen LogP contribution in [0.5, 0.6) is 0 Å². The van der Waals surface area contributed by atoms with Gasteiger partial charge in [-0.25, -0.2) is 0 Å². The van der Waals surface area contributed by atoms with E-state index in [0.717, 1.165) is 5.56 Å². The summed E-state index contributed by atoms with van der Waals surface area (Å²) in [7, 11) is 0. The average molecular weight is 344 g/mol. The molecule has 3 heteroatoms. The molecular formula is C13H13IOS. The average Bonchev–Trinajstić information content (AvgIpc) is 2.65. The van der Waals surface area contributed by atoms with E-state index >= 15 is 0 Å². The zero-order valence-electron chi connectivity index (χ0n) is 8.98. The van der Waals surface area contributed by atoms with E-state index < -0.39 is 0 Å². The number of halogens is 1. The number of benzene rings is 1. The Balaban J connectivity index is 2.10. The van der Waals surface area contributed by atoms with Gasteiger partial charge in [0.1, 0.15) is 0 Å². The summed E-state index contributed by atoms with van der Waals surface area (Å²) in [6.07, 6.45) is 0.302. The molecule has 0 spiro atoms. The van der Waals surface area contributed by atoms with E-state index in [2.05, 4.69) is 47.7 Å².